The predicted octanol–water partition coefficient (Wildman–Crippen LogP) is 1.77. The minimum atomic E-state index is 0.534. The van der Waals surface area contributed by atoms with Crippen molar-refractivity contribution in [3.05, 3.63) is 53.6 Å². The van der Waals surface area contributed by atoms with Gasteiger partial charge in [-0.1, -0.05) is 42.5 Å². The van der Waals surface area contributed by atoms with Crippen molar-refractivity contribution in [2.75, 3.05) is 0 Å². The highest BCUT2D eigenvalue weighted by Gasteiger charge is 2.08. The third-order valence-electron chi connectivity index (χ3n) is 2.88. The van der Waals surface area contributed by atoms with Crippen LogP contribution in [0.25, 0.3) is 11.1 Å². The van der Waals surface area contributed by atoms with Gasteiger partial charge in [-0.2, -0.15) is 0 Å². The van der Waals surface area contributed by atoms with Crippen molar-refractivity contribution < 1.29 is 0 Å². The van der Waals surface area contributed by atoms with Crippen molar-refractivity contribution in [1.82, 2.24) is 0 Å². The molecule has 2 rings (SSSR count). The monoisotopic (exact) mass is 244 g/mol. The van der Waals surface area contributed by atoms with Crippen molar-refractivity contribution in [2.45, 2.75) is 13.1 Å². The Morgan fingerprint density at radius 2 is 1.35 bits per heavy atom. The Morgan fingerprint density at radius 3 is 1.82 bits per heavy atom. The molecular weight excluding hydrogens is 227 g/mol. The van der Waals surface area contributed by atoms with Crippen molar-refractivity contribution in [3.8, 4) is 11.1 Å². The first-order chi connectivity index (χ1) is 8.26. The highest BCUT2D eigenvalue weighted by molar-refractivity contribution is 7.27. The molecule has 2 nitrogen and oxygen atoms in total. The summed E-state index contributed by atoms with van der Waals surface area (Å²) < 4.78 is 0. The highest BCUT2D eigenvalue weighted by Crippen LogP contribution is 2.27. The summed E-state index contributed by atoms with van der Waals surface area (Å²) in [4.78, 5) is 0. The van der Waals surface area contributed by atoms with E-state index in [4.69, 9.17) is 11.5 Å². The van der Waals surface area contributed by atoms with Crippen LogP contribution in [0.3, 0.4) is 0 Å². The van der Waals surface area contributed by atoms with Crippen molar-refractivity contribution in [1.29, 1.82) is 0 Å². The minimum Gasteiger partial charge on any atom is -0.326 e. The molecule has 2 aromatic carbocycles. The van der Waals surface area contributed by atoms with E-state index in [1.54, 1.807) is 0 Å². The van der Waals surface area contributed by atoms with Crippen molar-refractivity contribution in [2.24, 2.45) is 11.5 Å². The Bertz CT molecular complexity index is 484. The molecule has 0 heterocycles. The molecule has 1 atom stereocenters. The van der Waals surface area contributed by atoms with Crippen molar-refractivity contribution >= 4 is 14.5 Å². The molecule has 3 heteroatoms. The van der Waals surface area contributed by atoms with Crippen LogP contribution >= 0.6 is 9.24 Å². The van der Waals surface area contributed by atoms with Crippen LogP contribution in [0.5, 0.6) is 0 Å². The molecule has 0 bridgehead atoms. The Hall–Kier alpha value is -1.21. The van der Waals surface area contributed by atoms with Crippen molar-refractivity contribution in [3.63, 3.8) is 0 Å². The molecule has 2 aromatic rings. The summed E-state index contributed by atoms with van der Waals surface area (Å²) in [6.07, 6.45) is 0. The van der Waals surface area contributed by atoms with Crippen LogP contribution in [0.15, 0.2) is 42.5 Å². The van der Waals surface area contributed by atoms with Gasteiger partial charge in [-0.3, -0.25) is 0 Å². The predicted molar refractivity (Wildman–Crippen MR) is 77.0 cm³/mol. The average molecular weight is 244 g/mol. The molecule has 0 fully saturated rings. The zero-order valence-electron chi connectivity index (χ0n) is 9.69. The summed E-state index contributed by atoms with van der Waals surface area (Å²) in [7, 11) is 2.69. The fraction of sp³-hybridized carbons (Fsp3) is 0.143. The summed E-state index contributed by atoms with van der Waals surface area (Å²) in [5.41, 5.74) is 16.2. The maximum absolute atomic E-state index is 5.80. The number of hydrogen-bond acceptors (Lipinski definition) is 2. The Balaban J connectivity index is 2.59. The normalized spacial score (nSPS) is 10.5. The van der Waals surface area contributed by atoms with Gasteiger partial charge in [-0.05, 0) is 27.6 Å². The fourth-order valence-electron chi connectivity index (χ4n) is 2.01. The SMILES string of the molecule is NCc1cccc(CN)c1-c1ccc(P)cc1. The smallest absolute Gasteiger partial charge is 0.0184 e. The van der Waals surface area contributed by atoms with E-state index < -0.39 is 0 Å². The van der Waals surface area contributed by atoms with Crippen LogP contribution in [-0.4, -0.2) is 0 Å². The molecule has 4 N–H and O–H groups in total. The second kappa shape index (κ2) is 5.42. The lowest BCUT2D eigenvalue weighted by Crippen LogP contribution is -2.05. The van der Waals surface area contributed by atoms with E-state index in [-0.39, 0.29) is 0 Å². The third kappa shape index (κ3) is 2.55. The lowest BCUT2D eigenvalue weighted by molar-refractivity contribution is 1.03. The van der Waals surface area contributed by atoms with Gasteiger partial charge >= 0.3 is 0 Å². The Kier molecular flexibility index (Phi) is 3.90. The van der Waals surface area contributed by atoms with E-state index in [0.29, 0.717) is 13.1 Å². The number of rotatable bonds is 3. The van der Waals surface area contributed by atoms with Gasteiger partial charge in [0.15, 0.2) is 0 Å². The molecule has 0 aliphatic heterocycles. The largest absolute Gasteiger partial charge is 0.326 e. The number of nitrogens with two attached hydrogens (primary N) is 2. The molecule has 0 spiro atoms. The van der Waals surface area contributed by atoms with Gasteiger partial charge in [-0.15, -0.1) is 9.24 Å². The maximum atomic E-state index is 5.80. The van der Waals surface area contributed by atoms with E-state index in [0.717, 1.165) is 11.1 Å². The van der Waals surface area contributed by atoms with Crippen LogP contribution in [0.2, 0.25) is 0 Å². The molecule has 0 saturated heterocycles. The van der Waals surface area contributed by atoms with E-state index in [1.807, 2.05) is 6.07 Å². The molecule has 0 aliphatic carbocycles. The van der Waals surface area contributed by atoms with Gasteiger partial charge in [0.25, 0.3) is 0 Å². The maximum Gasteiger partial charge on any atom is 0.0184 e. The van der Waals surface area contributed by atoms with E-state index in [9.17, 15) is 0 Å². The van der Waals surface area contributed by atoms with Crippen LogP contribution in [0.4, 0.5) is 0 Å². The Labute approximate surface area is 104 Å². The van der Waals surface area contributed by atoms with E-state index in [1.165, 1.54) is 16.4 Å². The summed E-state index contributed by atoms with van der Waals surface area (Å²) in [5, 5.41) is 1.17. The van der Waals surface area contributed by atoms with Gasteiger partial charge in [-0.25, -0.2) is 0 Å². The third-order valence-corrected chi connectivity index (χ3v) is 3.26. The summed E-state index contributed by atoms with van der Waals surface area (Å²) in [5.74, 6) is 0. The number of hydrogen-bond donors (Lipinski definition) is 2. The first kappa shape index (κ1) is 12.3. The standard InChI is InChI=1S/C14H17N2P/c15-8-11-2-1-3-12(9-16)14(11)10-4-6-13(17)7-5-10/h1-7H,8-9,15-17H2. The molecule has 88 valence electrons. The molecule has 17 heavy (non-hydrogen) atoms. The zero-order chi connectivity index (χ0) is 12.3. The summed E-state index contributed by atoms with van der Waals surface area (Å²) in [6, 6.07) is 14.5. The molecule has 0 aromatic heterocycles. The highest BCUT2D eigenvalue weighted by atomic mass is 31.0. The van der Waals surface area contributed by atoms with Gasteiger partial charge in [0.2, 0.25) is 0 Å². The first-order valence-corrected chi connectivity index (χ1v) is 6.21. The topological polar surface area (TPSA) is 52.0 Å². The molecule has 0 radical (unpaired) electrons. The summed E-state index contributed by atoms with van der Waals surface area (Å²) in [6.45, 7) is 1.07. The lowest BCUT2D eigenvalue weighted by Gasteiger charge is -2.13. The summed E-state index contributed by atoms with van der Waals surface area (Å²) >= 11 is 0. The van der Waals surface area contributed by atoms with E-state index >= 15 is 0 Å². The van der Waals surface area contributed by atoms with Gasteiger partial charge in [0.05, 0.1) is 0 Å². The molecular formula is C14H17N2P. The van der Waals surface area contributed by atoms with Gasteiger partial charge in [0, 0.05) is 13.1 Å². The van der Waals surface area contributed by atoms with Crippen LogP contribution in [0, 0.1) is 0 Å². The Morgan fingerprint density at radius 1 is 0.824 bits per heavy atom. The molecule has 0 amide bonds. The lowest BCUT2D eigenvalue weighted by atomic mass is 9.94. The quantitative estimate of drug-likeness (QED) is 0.808. The van der Waals surface area contributed by atoms with Gasteiger partial charge < -0.3 is 11.5 Å². The van der Waals surface area contributed by atoms with E-state index in [2.05, 4.69) is 45.6 Å². The zero-order valence-corrected chi connectivity index (χ0v) is 10.8. The fourth-order valence-corrected chi connectivity index (χ4v) is 2.21. The molecule has 0 saturated carbocycles. The second-order valence-electron chi connectivity index (χ2n) is 3.98. The number of benzene rings is 2. The molecule has 1 unspecified atom stereocenters. The molecule has 0 aliphatic rings. The van der Waals surface area contributed by atoms with Crippen LogP contribution in [0.1, 0.15) is 11.1 Å². The van der Waals surface area contributed by atoms with Gasteiger partial charge in [0.1, 0.15) is 0 Å². The second-order valence-corrected chi connectivity index (χ2v) is 4.65. The van der Waals surface area contributed by atoms with Crippen LogP contribution < -0.4 is 16.8 Å². The minimum absolute atomic E-state index is 0.534. The average Bonchev–Trinajstić information content (AvgIpc) is 2.38. The van der Waals surface area contributed by atoms with Crippen LogP contribution in [-0.2, 0) is 13.1 Å². The first-order valence-electron chi connectivity index (χ1n) is 5.63.